The molecule has 4 heteroatoms. The van der Waals surface area contributed by atoms with Crippen molar-refractivity contribution in [3.63, 3.8) is 0 Å². The van der Waals surface area contributed by atoms with Crippen LogP contribution < -0.4 is 5.32 Å². The molecule has 0 aliphatic heterocycles. The van der Waals surface area contributed by atoms with Gasteiger partial charge in [0.05, 0.1) is 18.4 Å². The highest BCUT2D eigenvalue weighted by Crippen LogP contribution is 2.35. The van der Waals surface area contributed by atoms with E-state index in [1.54, 1.807) is 6.20 Å². The molecular formula is C21H21N3O. The molecule has 0 radical (unpaired) electrons. The maximum absolute atomic E-state index is 12.4. The third kappa shape index (κ3) is 3.63. The second-order valence-electron chi connectivity index (χ2n) is 6.60. The van der Waals surface area contributed by atoms with Crippen LogP contribution in [0.1, 0.15) is 35.4 Å². The van der Waals surface area contributed by atoms with Gasteiger partial charge in [-0.05, 0) is 35.4 Å². The van der Waals surface area contributed by atoms with Crippen molar-refractivity contribution in [3.8, 4) is 0 Å². The van der Waals surface area contributed by atoms with Gasteiger partial charge in [-0.2, -0.15) is 5.10 Å². The largest absolute Gasteiger partial charge is 0.323 e. The Bertz CT molecular complexity index is 870. The van der Waals surface area contributed by atoms with E-state index in [0.29, 0.717) is 18.9 Å². The first kappa shape index (κ1) is 15.6. The van der Waals surface area contributed by atoms with E-state index in [1.807, 2.05) is 29.1 Å². The quantitative estimate of drug-likeness (QED) is 0.768. The van der Waals surface area contributed by atoms with Gasteiger partial charge in [0.1, 0.15) is 0 Å². The van der Waals surface area contributed by atoms with E-state index in [2.05, 4.69) is 46.8 Å². The molecule has 1 amide bonds. The molecule has 0 fully saturated rings. The van der Waals surface area contributed by atoms with Crippen LogP contribution in [0.25, 0.3) is 0 Å². The molecule has 0 bridgehead atoms. The molecular weight excluding hydrogens is 310 g/mol. The van der Waals surface area contributed by atoms with Crippen molar-refractivity contribution in [1.82, 2.24) is 9.78 Å². The number of benzene rings is 2. The van der Waals surface area contributed by atoms with Gasteiger partial charge in [-0.15, -0.1) is 0 Å². The fourth-order valence-corrected chi connectivity index (χ4v) is 3.58. The molecule has 0 spiro atoms. The molecule has 3 aromatic rings. The minimum atomic E-state index is 0.0564. The average molecular weight is 331 g/mol. The van der Waals surface area contributed by atoms with E-state index >= 15 is 0 Å². The molecule has 1 atom stereocenters. The number of fused-ring (bicyclic) bond motifs is 1. The molecule has 1 aliphatic rings. The van der Waals surface area contributed by atoms with Crippen molar-refractivity contribution < 1.29 is 4.79 Å². The molecule has 1 N–H and O–H groups in total. The predicted molar refractivity (Wildman–Crippen MR) is 98.5 cm³/mol. The van der Waals surface area contributed by atoms with Crippen LogP contribution in [0.4, 0.5) is 5.69 Å². The van der Waals surface area contributed by atoms with Crippen molar-refractivity contribution in [2.24, 2.45) is 0 Å². The zero-order valence-electron chi connectivity index (χ0n) is 14.1. The number of carbonyl (C=O) groups excluding carboxylic acids is 1. The van der Waals surface area contributed by atoms with Crippen LogP contribution in [-0.2, 0) is 17.8 Å². The van der Waals surface area contributed by atoms with Gasteiger partial charge in [0, 0.05) is 12.6 Å². The van der Waals surface area contributed by atoms with Crippen molar-refractivity contribution in [2.45, 2.75) is 31.7 Å². The lowest BCUT2D eigenvalue weighted by atomic mass is 9.97. The number of hydrogen-bond donors (Lipinski definition) is 1. The van der Waals surface area contributed by atoms with E-state index in [0.717, 1.165) is 18.5 Å². The zero-order valence-corrected chi connectivity index (χ0v) is 14.1. The summed E-state index contributed by atoms with van der Waals surface area (Å²) in [6.07, 6.45) is 6.25. The third-order valence-electron chi connectivity index (χ3n) is 4.79. The number of anilines is 1. The smallest absolute Gasteiger partial charge is 0.225 e. The Balaban J connectivity index is 1.36. The fraction of sp³-hybridized carbons (Fsp3) is 0.238. The van der Waals surface area contributed by atoms with E-state index in [-0.39, 0.29) is 5.91 Å². The standard InChI is InChI=1S/C21H21N3O/c25-21(12-18-11-10-17-8-4-5-9-20(17)18)23-19-13-22-24(15-19)14-16-6-2-1-3-7-16/h1-9,13,15,18H,10-12,14H2,(H,23,25). The number of nitrogens with zero attached hydrogens (tertiary/aromatic N) is 2. The number of hydrogen-bond acceptors (Lipinski definition) is 2. The molecule has 25 heavy (non-hydrogen) atoms. The van der Waals surface area contributed by atoms with Crippen molar-refractivity contribution >= 4 is 11.6 Å². The average Bonchev–Trinajstić information content (AvgIpc) is 3.23. The maximum Gasteiger partial charge on any atom is 0.225 e. The van der Waals surface area contributed by atoms with E-state index < -0.39 is 0 Å². The first-order valence-corrected chi connectivity index (χ1v) is 8.72. The van der Waals surface area contributed by atoms with Gasteiger partial charge in [0.25, 0.3) is 0 Å². The summed E-state index contributed by atoms with van der Waals surface area (Å²) in [7, 11) is 0. The highest BCUT2D eigenvalue weighted by Gasteiger charge is 2.24. The summed E-state index contributed by atoms with van der Waals surface area (Å²) in [4.78, 5) is 12.4. The second kappa shape index (κ2) is 6.93. The molecule has 0 saturated carbocycles. The fourth-order valence-electron chi connectivity index (χ4n) is 3.58. The topological polar surface area (TPSA) is 46.9 Å². The highest BCUT2D eigenvalue weighted by molar-refractivity contribution is 5.91. The Hall–Kier alpha value is -2.88. The molecule has 4 nitrogen and oxygen atoms in total. The maximum atomic E-state index is 12.4. The Kier molecular flexibility index (Phi) is 4.34. The van der Waals surface area contributed by atoms with Gasteiger partial charge in [-0.25, -0.2) is 0 Å². The minimum Gasteiger partial charge on any atom is -0.323 e. The van der Waals surface area contributed by atoms with E-state index in [1.165, 1.54) is 16.7 Å². The minimum absolute atomic E-state index is 0.0564. The van der Waals surface area contributed by atoms with Gasteiger partial charge in [-0.1, -0.05) is 54.6 Å². The Morgan fingerprint density at radius 3 is 2.80 bits per heavy atom. The van der Waals surface area contributed by atoms with Crippen LogP contribution in [0.15, 0.2) is 67.0 Å². The first-order chi connectivity index (χ1) is 12.3. The molecule has 1 heterocycles. The molecule has 1 aliphatic carbocycles. The highest BCUT2D eigenvalue weighted by atomic mass is 16.1. The van der Waals surface area contributed by atoms with Gasteiger partial charge in [-0.3, -0.25) is 9.48 Å². The number of aryl methyl sites for hydroxylation is 1. The summed E-state index contributed by atoms with van der Waals surface area (Å²) in [5.41, 5.74) is 4.66. The molecule has 126 valence electrons. The van der Waals surface area contributed by atoms with Gasteiger partial charge < -0.3 is 5.32 Å². The Morgan fingerprint density at radius 1 is 1.12 bits per heavy atom. The number of rotatable bonds is 5. The van der Waals surface area contributed by atoms with E-state index in [9.17, 15) is 4.79 Å². The van der Waals surface area contributed by atoms with Crippen LogP contribution in [0.2, 0.25) is 0 Å². The first-order valence-electron chi connectivity index (χ1n) is 8.72. The number of carbonyl (C=O) groups is 1. The Morgan fingerprint density at radius 2 is 1.92 bits per heavy atom. The molecule has 0 saturated heterocycles. The summed E-state index contributed by atoms with van der Waals surface area (Å²) in [6, 6.07) is 18.6. The zero-order chi connectivity index (χ0) is 17.1. The van der Waals surface area contributed by atoms with Gasteiger partial charge in [0.2, 0.25) is 5.91 Å². The van der Waals surface area contributed by atoms with Crippen LogP contribution in [0.5, 0.6) is 0 Å². The summed E-state index contributed by atoms with van der Waals surface area (Å²) < 4.78 is 1.84. The lowest BCUT2D eigenvalue weighted by Crippen LogP contribution is -2.14. The summed E-state index contributed by atoms with van der Waals surface area (Å²) in [5.74, 6) is 0.386. The van der Waals surface area contributed by atoms with Gasteiger partial charge >= 0.3 is 0 Å². The third-order valence-corrected chi connectivity index (χ3v) is 4.79. The predicted octanol–water partition coefficient (Wildman–Crippen LogP) is 3.99. The number of aromatic nitrogens is 2. The van der Waals surface area contributed by atoms with Crippen LogP contribution >= 0.6 is 0 Å². The second-order valence-corrected chi connectivity index (χ2v) is 6.60. The summed E-state index contributed by atoms with van der Waals surface area (Å²) in [6.45, 7) is 0.701. The lowest BCUT2D eigenvalue weighted by Gasteiger charge is -2.11. The Labute approximate surface area is 147 Å². The summed E-state index contributed by atoms with van der Waals surface area (Å²) >= 11 is 0. The van der Waals surface area contributed by atoms with Crippen LogP contribution in [0, 0.1) is 0 Å². The molecule has 2 aromatic carbocycles. The SMILES string of the molecule is O=C(CC1CCc2ccccc21)Nc1cnn(Cc2ccccc2)c1. The normalized spacial score (nSPS) is 15.8. The molecule has 4 rings (SSSR count). The van der Waals surface area contributed by atoms with Crippen LogP contribution in [0.3, 0.4) is 0 Å². The van der Waals surface area contributed by atoms with Crippen molar-refractivity contribution in [1.29, 1.82) is 0 Å². The van der Waals surface area contributed by atoms with Crippen LogP contribution in [-0.4, -0.2) is 15.7 Å². The lowest BCUT2D eigenvalue weighted by molar-refractivity contribution is -0.116. The van der Waals surface area contributed by atoms with Crippen molar-refractivity contribution in [3.05, 3.63) is 83.7 Å². The van der Waals surface area contributed by atoms with Crippen molar-refractivity contribution in [2.75, 3.05) is 5.32 Å². The molecule has 1 aromatic heterocycles. The number of amides is 1. The van der Waals surface area contributed by atoms with E-state index in [4.69, 9.17) is 0 Å². The number of nitrogens with one attached hydrogen (secondary N) is 1. The van der Waals surface area contributed by atoms with Gasteiger partial charge in [0.15, 0.2) is 0 Å². The molecule has 1 unspecified atom stereocenters. The monoisotopic (exact) mass is 331 g/mol. The summed E-state index contributed by atoms with van der Waals surface area (Å²) in [5, 5.41) is 7.32.